The average Bonchev–Trinajstić information content (AvgIpc) is 2.47. The standard InChI is InChI=1S/C15H18ClN3O2/c1-10(11-5-4-6-12(16)7-11)17-9-13-8-14(20)19(3)15(21)18(13)2/h4-8,10,17H,9H2,1-3H3/t10-/m0/s1. The van der Waals surface area contributed by atoms with Gasteiger partial charge in [-0.25, -0.2) is 4.79 Å². The fourth-order valence-electron chi connectivity index (χ4n) is 2.10. The number of nitrogens with zero attached hydrogens (tertiary/aromatic N) is 2. The lowest BCUT2D eigenvalue weighted by molar-refractivity contribution is 0.540. The minimum atomic E-state index is -0.324. The van der Waals surface area contributed by atoms with Crippen molar-refractivity contribution in [3.63, 3.8) is 0 Å². The summed E-state index contributed by atoms with van der Waals surface area (Å²) in [7, 11) is 3.12. The minimum absolute atomic E-state index is 0.0582. The van der Waals surface area contributed by atoms with Gasteiger partial charge >= 0.3 is 5.69 Å². The van der Waals surface area contributed by atoms with E-state index in [4.69, 9.17) is 11.6 Å². The highest BCUT2D eigenvalue weighted by molar-refractivity contribution is 6.30. The molecule has 0 radical (unpaired) electrons. The number of rotatable bonds is 4. The van der Waals surface area contributed by atoms with Gasteiger partial charge in [0.15, 0.2) is 0 Å². The summed E-state index contributed by atoms with van der Waals surface area (Å²) in [6.07, 6.45) is 0. The highest BCUT2D eigenvalue weighted by Crippen LogP contribution is 2.17. The van der Waals surface area contributed by atoms with Crippen LogP contribution in [0.3, 0.4) is 0 Å². The van der Waals surface area contributed by atoms with Gasteiger partial charge in [0.05, 0.1) is 0 Å². The zero-order chi connectivity index (χ0) is 15.6. The summed E-state index contributed by atoms with van der Waals surface area (Å²) in [5.74, 6) is 0. The van der Waals surface area contributed by atoms with E-state index in [9.17, 15) is 9.59 Å². The summed E-state index contributed by atoms with van der Waals surface area (Å²) in [5, 5.41) is 3.97. The molecule has 6 heteroatoms. The molecule has 2 aromatic rings. The Morgan fingerprint density at radius 2 is 1.90 bits per heavy atom. The third kappa shape index (κ3) is 3.43. The van der Waals surface area contributed by atoms with E-state index >= 15 is 0 Å². The van der Waals surface area contributed by atoms with Crippen LogP contribution in [0.1, 0.15) is 24.2 Å². The topological polar surface area (TPSA) is 56.0 Å². The second kappa shape index (κ2) is 6.28. The first kappa shape index (κ1) is 15.5. The molecule has 1 aromatic carbocycles. The second-order valence-electron chi connectivity index (χ2n) is 5.03. The third-order valence-corrected chi connectivity index (χ3v) is 3.80. The van der Waals surface area contributed by atoms with Crippen molar-refractivity contribution in [2.45, 2.75) is 19.5 Å². The Hall–Kier alpha value is -1.85. The summed E-state index contributed by atoms with van der Waals surface area (Å²) in [6, 6.07) is 9.11. The van der Waals surface area contributed by atoms with Gasteiger partial charge in [-0.1, -0.05) is 23.7 Å². The van der Waals surface area contributed by atoms with Crippen molar-refractivity contribution in [1.82, 2.24) is 14.5 Å². The molecule has 112 valence electrons. The van der Waals surface area contributed by atoms with Crippen LogP contribution in [-0.4, -0.2) is 9.13 Å². The Morgan fingerprint density at radius 1 is 1.19 bits per heavy atom. The smallest absolute Gasteiger partial charge is 0.305 e. The van der Waals surface area contributed by atoms with Crippen LogP contribution >= 0.6 is 11.6 Å². The molecule has 0 spiro atoms. The van der Waals surface area contributed by atoms with Gasteiger partial charge in [-0.3, -0.25) is 13.9 Å². The number of hydrogen-bond acceptors (Lipinski definition) is 3. The lowest BCUT2D eigenvalue weighted by Crippen LogP contribution is -2.39. The van der Waals surface area contributed by atoms with Gasteiger partial charge in [-0.2, -0.15) is 0 Å². The van der Waals surface area contributed by atoms with Crippen LogP contribution in [0.4, 0.5) is 0 Å². The predicted octanol–water partition coefficient (Wildman–Crippen LogP) is 1.59. The van der Waals surface area contributed by atoms with Gasteiger partial charge in [0.2, 0.25) is 0 Å². The molecule has 5 nitrogen and oxygen atoms in total. The van der Waals surface area contributed by atoms with E-state index in [-0.39, 0.29) is 17.3 Å². The Bertz CT molecular complexity index is 764. The summed E-state index contributed by atoms with van der Waals surface area (Å²) in [5.41, 5.74) is 1.08. The summed E-state index contributed by atoms with van der Waals surface area (Å²) in [4.78, 5) is 23.5. The van der Waals surface area contributed by atoms with Gasteiger partial charge < -0.3 is 5.32 Å². The third-order valence-electron chi connectivity index (χ3n) is 3.56. The Balaban J connectivity index is 2.17. The second-order valence-corrected chi connectivity index (χ2v) is 5.47. The number of nitrogens with one attached hydrogen (secondary N) is 1. The fourth-order valence-corrected chi connectivity index (χ4v) is 2.30. The van der Waals surface area contributed by atoms with E-state index in [1.807, 2.05) is 31.2 Å². The molecule has 2 rings (SSSR count). The van der Waals surface area contributed by atoms with Gasteiger partial charge in [0.1, 0.15) is 0 Å². The molecular formula is C15H18ClN3O2. The molecule has 0 saturated heterocycles. The van der Waals surface area contributed by atoms with Crippen molar-refractivity contribution in [2.75, 3.05) is 0 Å². The maximum absolute atomic E-state index is 11.9. The molecule has 1 N–H and O–H groups in total. The van der Waals surface area contributed by atoms with Gasteiger partial charge in [-0.15, -0.1) is 0 Å². The predicted molar refractivity (Wildman–Crippen MR) is 83.6 cm³/mol. The lowest BCUT2D eigenvalue weighted by atomic mass is 10.1. The van der Waals surface area contributed by atoms with Crippen LogP contribution in [0.5, 0.6) is 0 Å². The molecule has 0 saturated carbocycles. The average molecular weight is 308 g/mol. The first-order valence-electron chi connectivity index (χ1n) is 6.65. The maximum Gasteiger partial charge on any atom is 0.330 e. The first-order chi connectivity index (χ1) is 9.90. The highest BCUT2D eigenvalue weighted by atomic mass is 35.5. The molecule has 1 atom stereocenters. The van der Waals surface area contributed by atoms with Crippen LogP contribution in [-0.2, 0) is 20.6 Å². The number of benzene rings is 1. The van der Waals surface area contributed by atoms with E-state index in [2.05, 4.69) is 5.32 Å². The number of aromatic nitrogens is 2. The zero-order valence-electron chi connectivity index (χ0n) is 12.3. The van der Waals surface area contributed by atoms with E-state index in [1.165, 1.54) is 17.7 Å². The maximum atomic E-state index is 11.9. The molecule has 1 heterocycles. The van der Waals surface area contributed by atoms with Gasteiger partial charge in [0, 0.05) is 43.5 Å². The van der Waals surface area contributed by atoms with E-state index in [1.54, 1.807) is 7.05 Å². The van der Waals surface area contributed by atoms with Crippen LogP contribution < -0.4 is 16.6 Å². The molecule has 0 unspecified atom stereocenters. The van der Waals surface area contributed by atoms with Crippen molar-refractivity contribution < 1.29 is 0 Å². The van der Waals surface area contributed by atoms with Gasteiger partial charge in [0.25, 0.3) is 5.56 Å². The van der Waals surface area contributed by atoms with Gasteiger partial charge in [-0.05, 0) is 24.6 Å². The van der Waals surface area contributed by atoms with Crippen LogP contribution in [0, 0.1) is 0 Å². The molecule has 21 heavy (non-hydrogen) atoms. The van der Waals surface area contributed by atoms with Crippen molar-refractivity contribution >= 4 is 11.6 Å². The molecule has 0 aliphatic heterocycles. The summed E-state index contributed by atoms with van der Waals surface area (Å²) >= 11 is 5.97. The Labute approximate surface area is 127 Å². The largest absolute Gasteiger partial charge is 0.330 e. The summed E-state index contributed by atoms with van der Waals surface area (Å²) < 4.78 is 2.56. The van der Waals surface area contributed by atoms with Crippen LogP contribution in [0.2, 0.25) is 5.02 Å². The Morgan fingerprint density at radius 3 is 2.57 bits per heavy atom. The number of halogens is 1. The number of hydrogen-bond donors (Lipinski definition) is 1. The van der Waals surface area contributed by atoms with Crippen molar-refractivity contribution in [1.29, 1.82) is 0 Å². The molecule has 0 aliphatic rings. The van der Waals surface area contributed by atoms with Crippen LogP contribution in [0.15, 0.2) is 39.9 Å². The lowest BCUT2D eigenvalue weighted by Gasteiger charge is -2.16. The Kier molecular flexibility index (Phi) is 4.65. The SMILES string of the molecule is C[C@H](NCc1cc(=O)n(C)c(=O)n1C)c1cccc(Cl)c1. The van der Waals surface area contributed by atoms with Crippen LogP contribution in [0.25, 0.3) is 0 Å². The molecule has 0 amide bonds. The molecule has 0 fully saturated rings. The van der Waals surface area contributed by atoms with E-state index < -0.39 is 0 Å². The molecule has 1 aromatic heterocycles. The monoisotopic (exact) mass is 307 g/mol. The molecule has 0 aliphatic carbocycles. The zero-order valence-corrected chi connectivity index (χ0v) is 13.0. The first-order valence-corrected chi connectivity index (χ1v) is 7.02. The normalized spacial score (nSPS) is 12.4. The summed E-state index contributed by atoms with van der Waals surface area (Å²) in [6.45, 7) is 2.43. The molecular weight excluding hydrogens is 290 g/mol. The quantitative estimate of drug-likeness (QED) is 0.933. The van der Waals surface area contributed by atoms with Crippen molar-refractivity contribution in [3.8, 4) is 0 Å². The minimum Gasteiger partial charge on any atom is -0.305 e. The van der Waals surface area contributed by atoms with Crippen molar-refractivity contribution in [3.05, 3.63) is 67.4 Å². The van der Waals surface area contributed by atoms with E-state index in [0.29, 0.717) is 17.3 Å². The van der Waals surface area contributed by atoms with Crippen molar-refractivity contribution in [2.24, 2.45) is 14.1 Å². The highest BCUT2D eigenvalue weighted by Gasteiger charge is 2.09. The molecule has 0 bridgehead atoms. The van der Waals surface area contributed by atoms with E-state index in [0.717, 1.165) is 10.1 Å². The fraction of sp³-hybridized carbons (Fsp3) is 0.333.